The zero-order valence-electron chi connectivity index (χ0n) is 29.6. The Hall–Kier alpha value is -7.36. The van der Waals surface area contributed by atoms with Gasteiger partial charge in [0.2, 0.25) is 0 Å². The maximum Gasteiger partial charge on any atom is 0.143 e. The van der Waals surface area contributed by atoms with Gasteiger partial charge in [0.1, 0.15) is 11.2 Å². The van der Waals surface area contributed by atoms with Crippen LogP contribution < -0.4 is 0 Å². The fourth-order valence-corrected chi connectivity index (χ4v) is 8.83. The van der Waals surface area contributed by atoms with Crippen LogP contribution in [0.4, 0.5) is 0 Å². The van der Waals surface area contributed by atoms with E-state index in [0.717, 1.165) is 76.9 Å². The van der Waals surface area contributed by atoms with Crippen molar-refractivity contribution >= 4 is 86.8 Å². The molecule has 0 N–H and O–H groups in total. The highest BCUT2D eigenvalue weighted by Gasteiger charge is 2.17. The van der Waals surface area contributed by atoms with Gasteiger partial charge in [0.05, 0.1) is 16.7 Å². The summed E-state index contributed by atoms with van der Waals surface area (Å²) in [7, 11) is 0. The lowest BCUT2D eigenvalue weighted by Crippen LogP contribution is -1.89. The summed E-state index contributed by atoms with van der Waals surface area (Å²) in [6.07, 6.45) is 1.84. The Bertz CT molecular complexity index is 3520. The van der Waals surface area contributed by atoms with Gasteiger partial charge < -0.3 is 4.42 Å². The Labute approximate surface area is 315 Å². The van der Waals surface area contributed by atoms with Gasteiger partial charge >= 0.3 is 0 Å². The molecule has 0 aliphatic rings. The quantitative estimate of drug-likeness (QED) is 0.172. The Kier molecular flexibility index (Phi) is 6.34. The molecule has 0 aliphatic carbocycles. The second-order valence-electron chi connectivity index (χ2n) is 14.5. The SMILES string of the molecule is c1cc(-c2ccc3ccc4cccnc4c3n2)cc(-c2cc3c4ccc(-c5ccc6c7ccccc7c7ccccc7c6c5)cc4oc3c3ccccc23)c1. The standard InChI is InChI=1S/C52H30N2O/c1-2-14-39-37(12-1)38-13-3-4-15-40(38)46-28-33(20-23-42(39)46)34-21-24-43-47-30-45(41-16-5-6-17-44(41)52(47)55-49(43)29-34)35-9-7-10-36(27-35)48-25-22-32-19-18-31-11-8-26-53-50(31)51(32)54-48/h1-30H. The van der Waals surface area contributed by atoms with E-state index in [1.807, 2.05) is 12.3 Å². The highest BCUT2D eigenvalue weighted by atomic mass is 16.3. The first-order valence-electron chi connectivity index (χ1n) is 18.7. The van der Waals surface area contributed by atoms with E-state index >= 15 is 0 Å². The lowest BCUT2D eigenvalue weighted by molar-refractivity contribution is 0.673. The molecule has 12 aromatic rings. The molecule has 3 heterocycles. The molecule has 0 spiro atoms. The van der Waals surface area contributed by atoms with Gasteiger partial charge in [0.25, 0.3) is 0 Å². The van der Waals surface area contributed by atoms with Crippen LogP contribution in [0.5, 0.6) is 0 Å². The van der Waals surface area contributed by atoms with E-state index in [1.165, 1.54) is 43.4 Å². The van der Waals surface area contributed by atoms with Crippen LogP contribution in [0, 0.1) is 0 Å². The van der Waals surface area contributed by atoms with E-state index in [1.54, 1.807) is 0 Å². The predicted octanol–water partition coefficient (Wildman–Crippen LogP) is 14.3. The van der Waals surface area contributed by atoms with Crippen LogP contribution in [0.3, 0.4) is 0 Å². The first-order valence-corrected chi connectivity index (χ1v) is 18.7. The maximum absolute atomic E-state index is 6.79. The van der Waals surface area contributed by atoms with Crippen molar-refractivity contribution in [2.24, 2.45) is 0 Å². The molecular weight excluding hydrogens is 669 g/mol. The molecule has 3 aromatic heterocycles. The number of nitrogens with zero attached hydrogens (tertiary/aromatic N) is 2. The van der Waals surface area contributed by atoms with Gasteiger partial charge in [-0.15, -0.1) is 0 Å². The zero-order chi connectivity index (χ0) is 36.0. The normalized spacial score (nSPS) is 12.0. The predicted molar refractivity (Wildman–Crippen MR) is 231 cm³/mol. The average molecular weight is 699 g/mol. The molecule has 0 bridgehead atoms. The molecule has 254 valence electrons. The number of pyridine rings is 2. The van der Waals surface area contributed by atoms with Gasteiger partial charge in [-0.05, 0) is 102 Å². The van der Waals surface area contributed by atoms with Gasteiger partial charge in [-0.2, -0.15) is 0 Å². The maximum atomic E-state index is 6.79. The Balaban J connectivity index is 1.00. The summed E-state index contributed by atoms with van der Waals surface area (Å²) in [4.78, 5) is 9.83. The van der Waals surface area contributed by atoms with E-state index in [-0.39, 0.29) is 0 Å². The summed E-state index contributed by atoms with van der Waals surface area (Å²) in [5, 5.41) is 14.3. The lowest BCUT2D eigenvalue weighted by atomic mass is 9.92. The number of hydrogen-bond donors (Lipinski definition) is 0. The number of fused-ring (bicyclic) bond motifs is 14. The molecule has 0 saturated carbocycles. The molecule has 0 aliphatic heterocycles. The molecule has 3 nitrogen and oxygen atoms in total. The second-order valence-corrected chi connectivity index (χ2v) is 14.5. The van der Waals surface area contributed by atoms with Crippen LogP contribution in [0.2, 0.25) is 0 Å². The number of hydrogen-bond acceptors (Lipinski definition) is 3. The van der Waals surface area contributed by atoms with Gasteiger partial charge in [-0.3, -0.25) is 4.98 Å². The van der Waals surface area contributed by atoms with E-state index in [2.05, 4.69) is 175 Å². The van der Waals surface area contributed by atoms with Crippen molar-refractivity contribution in [2.75, 3.05) is 0 Å². The third-order valence-electron chi connectivity index (χ3n) is 11.5. The topological polar surface area (TPSA) is 38.9 Å². The van der Waals surface area contributed by atoms with Crippen molar-refractivity contribution in [1.29, 1.82) is 0 Å². The van der Waals surface area contributed by atoms with Gasteiger partial charge in [0.15, 0.2) is 0 Å². The molecular formula is C52H30N2O. The Morgan fingerprint density at radius 2 is 0.964 bits per heavy atom. The van der Waals surface area contributed by atoms with E-state index in [9.17, 15) is 0 Å². The van der Waals surface area contributed by atoms with Gasteiger partial charge in [-0.25, -0.2) is 4.98 Å². The summed E-state index contributed by atoms with van der Waals surface area (Å²) >= 11 is 0. The summed E-state index contributed by atoms with van der Waals surface area (Å²) in [5.41, 5.74) is 10.2. The van der Waals surface area contributed by atoms with Crippen molar-refractivity contribution in [3.63, 3.8) is 0 Å². The molecule has 55 heavy (non-hydrogen) atoms. The Morgan fingerprint density at radius 3 is 1.75 bits per heavy atom. The number of furan rings is 1. The van der Waals surface area contributed by atoms with Crippen molar-refractivity contribution in [3.8, 4) is 33.5 Å². The van der Waals surface area contributed by atoms with Crippen molar-refractivity contribution in [1.82, 2.24) is 9.97 Å². The lowest BCUT2D eigenvalue weighted by Gasteiger charge is -2.12. The van der Waals surface area contributed by atoms with Crippen LogP contribution in [0.1, 0.15) is 0 Å². The molecule has 12 rings (SSSR count). The van der Waals surface area contributed by atoms with E-state index in [4.69, 9.17) is 9.40 Å². The summed E-state index contributed by atoms with van der Waals surface area (Å²) in [6.45, 7) is 0. The van der Waals surface area contributed by atoms with Crippen molar-refractivity contribution in [2.45, 2.75) is 0 Å². The molecule has 0 amide bonds. The van der Waals surface area contributed by atoms with E-state index in [0.29, 0.717) is 0 Å². The summed E-state index contributed by atoms with van der Waals surface area (Å²) in [6, 6.07) is 63.2. The highest BCUT2D eigenvalue weighted by molar-refractivity contribution is 6.26. The minimum atomic E-state index is 0.883. The summed E-state index contributed by atoms with van der Waals surface area (Å²) < 4.78 is 6.79. The van der Waals surface area contributed by atoms with Gasteiger partial charge in [-0.1, -0.05) is 133 Å². The van der Waals surface area contributed by atoms with Crippen LogP contribution in [0.15, 0.2) is 187 Å². The number of rotatable bonds is 3. The van der Waals surface area contributed by atoms with Gasteiger partial charge in [0, 0.05) is 38.7 Å². The number of benzene rings is 9. The Morgan fingerprint density at radius 1 is 0.345 bits per heavy atom. The smallest absolute Gasteiger partial charge is 0.143 e. The molecule has 9 aromatic carbocycles. The molecule has 0 fully saturated rings. The van der Waals surface area contributed by atoms with Crippen LogP contribution >= 0.6 is 0 Å². The van der Waals surface area contributed by atoms with Crippen LogP contribution in [0.25, 0.3) is 120 Å². The first kappa shape index (κ1) is 30.1. The van der Waals surface area contributed by atoms with Crippen molar-refractivity contribution < 1.29 is 4.42 Å². The minimum Gasteiger partial charge on any atom is -0.455 e. The fraction of sp³-hybridized carbons (Fsp3) is 0. The van der Waals surface area contributed by atoms with E-state index < -0.39 is 0 Å². The number of aromatic nitrogens is 2. The monoisotopic (exact) mass is 698 g/mol. The third kappa shape index (κ3) is 4.57. The minimum absolute atomic E-state index is 0.883. The molecule has 0 saturated heterocycles. The zero-order valence-corrected chi connectivity index (χ0v) is 29.6. The van der Waals surface area contributed by atoms with Crippen LogP contribution in [-0.2, 0) is 0 Å². The molecule has 0 unspecified atom stereocenters. The highest BCUT2D eigenvalue weighted by Crippen LogP contribution is 2.42. The largest absolute Gasteiger partial charge is 0.455 e. The first-order chi connectivity index (χ1) is 27.2. The molecule has 3 heteroatoms. The molecule has 0 atom stereocenters. The molecule has 0 radical (unpaired) electrons. The van der Waals surface area contributed by atoms with Crippen molar-refractivity contribution in [3.05, 3.63) is 182 Å². The summed E-state index contributed by atoms with van der Waals surface area (Å²) in [5.74, 6) is 0. The van der Waals surface area contributed by atoms with Crippen LogP contribution in [-0.4, -0.2) is 9.97 Å². The fourth-order valence-electron chi connectivity index (χ4n) is 8.83. The second kappa shape index (κ2) is 11.6. The average Bonchev–Trinajstić information content (AvgIpc) is 3.64. The third-order valence-corrected chi connectivity index (χ3v) is 11.5.